The van der Waals surface area contributed by atoms with Gasteiger partial charge in [-0.2, -0.15) is 5.26 Å². The van der Waals surface area contributed by atoms with Gasteiger partial charge in [0.15, 0.2) is 9.84 Å². The average Bonchev–Trinajstić information content (AvgIpc) is 3.02. The highest BCUT2D eigenvalue weighted by Gasteiger charge is 2.31. The van der Waals surface area contributed by atoms with Gasteiger partial charge in [0.05, 0.1) is 18.1 Å². The summed E-state index contributed by atoms with van der Waals surface area (Å²) in [5.41, 5.74) is 1.06. The molecule has 1 N–H and O–H groups in total. The Morgan fingerprint density at radius 3 is 2.74 bits per heavy atom. The summed E-state index contributed by atoms with van der Waals surface area (Å²) in [6.07, 6.45) is 2.61. The molecule has 146 valence electrons. The summed E-state index contributed by atoms with van der Waals surface area (Å²) < 4.78 is 28.6. The molecular formula is C19H25N3O4S. The first-order chi connectivity index (χ1) is 12.9. The molecule has 1 fully saturated rings. The predicted molar refractivity (Wildman–Crippen MR) is 102 cm³/mol. The molecule has 1 atom stereocenters. The molecule has 1 amide bonds. The Kier molecular flexibility index (Phi) is 7.82. The van der Waals surface area contributed by atoms with Crippen LogP contribution in [0.15, 0.2) is 42.1 Å². The van der Waals surface area contributed by atoms with Crippen molar-refractivity contribution in [2.75, 3.05) is 38.3 Å². The van der Waals surface area contributed by atoms with E-state index in [9.17, 15) is 18.5 Å². The lowest BCUT2D eigenvalue weighted by molar-refractivity contribution is -0.117. The summed E-state index contributed by atoms with van der Waals surface area (Å²) in [6, 6.07) is 11.4. The summed E-state index contributed by atoms with van der Waals surface area (Å²) in [7, 11) is -1.52. The van der Waals surface area contributed by atoms with Gasteiger partial charge in [0, 0.05) is 32.4 Å². The third-order valence-corrected chi connectivity index (χ3v) is 6.18. The van der Waals surface area contributed by atoms with Crippen molar-refractivity contribution in [3.05, 3.63) is 47.7 Å². The van der Waals surface area contributed by atoms with Gasteiger partial charge in [-0.1, -0.05) is 30.3 Å². The molecule has 1 aromatic rings. The van der Waals surface area contributed by atoms with Crippen LogP contribution in [0.1, 0.15) is 12.0 Å². The minimum absolute atomic E-state index is 0.0293. The highest BCUT2D eigenvalue weighted by Crippen LogP contribution is 2.19. The Bertz CT molecular complexity index is 800. The van der Waals surface area contributed by atoms with Crippen LogP contribution in [0.25, 0.3) is 0 Å². The molecule has 0 bridgehead atoms. The third kappa shape index (κ3) is 6.70. The smallest absolute Gasteiger partial charge is 0.263 e. The zero-order valence-corrected chi connectivity index (χ0v) is 16.2. The maximum atomic E-state index is 12.3. The number of benzene rings is 1. The number of amides is 1. The van der Waals surface area contributed by atoms with Crippen molar-refractivity contribution in [3.8, 4) is 6.07 Å². The molecule has 8 heteroatoms. The average molecular weight is 391 g/mol. The van der Waals surface area contributed by atoms with E-state index in [1.165, 1.54) is 6.20 Å². The van der Waals surface area contributed by atoms with E-state index in [-0.39, 0.29) is 23.1 Å². The van der Waals surface area contributed by atoms with Crippen LogP contribution in [0.5, 0.6) is 0 Å². The Balaban J connectivity index is 2.00. The van der Waals surface area contributed by atoms with Crippen molar-refractivity contribution < 1.29 is 17.9 Å². The number of sulfone groups is 1. The van der Waals surface area contributed by atoms with E-state index in [1.807, 2.05) is 36.4 Å². The number of nitrogens with one attached hydrogen (secondary N) is 1. The number of ether oxygens (including phenoxy) is 1. The second-order valence-corrected chi connectivity index (χ2v) is 8.66. The van der Waals surface area contributed by atoms with Gasteiger partial charge < -0.3 is 15.0 Å². The van der Waals surface area contributed by atoms with Crippen LogP contribution in [0.3, 0.4) is 0 Å². The summed E-state index contributed by atoms with van der Waals surface area (Å²) in [5.74, 6) is -0.307. The fraction of sp³-hybridized carbons (Fsp3) is 0.474. The molecule has 1 aliphatic heterocycles. The summed E-state index contributed by atoms with van der Waals surface area (Å²) in [5, 5.41) is 12.1. The quantitative estimate of drug-likeness (QED) is 0.496. The SMILES string of the molecule is COCCN(/C=C(/C#N)C(=O)NCCc1ccccc1)C1CCS(=O)(=O)C1. The first-order valence-corrected chi connectivity index (χ1v) is 10.7. The highest BCUT2D eigenvalue weighted by molar-refractivity contribution is 7.91. The van der Waals surface area contributed by atoms with Crippen molar-refractivity contribution in [2.45, 2.75) is 18.9 Å². The molecule has 0 aliphatic carbocycles. The lowest BCUT2D eigenvalue weighted by Gasteiger charge is -2.26. The molecule has 0 aromatic heterocycles. The minimum Gasteiger partial charge on any atom is -0.383 e. The van der Waals surface area contributed by atoms with Crippen LogP contribution in [0, 0.1) is 11.3 Å². The topological polar surface area (TPSA) is 99.5 Å². The first-order valence-electron chi connectivity index (χ1n) is 8.84. The Morgan fingerprint density at radius 2 is 2.15 bits per heavy atom. The van der Waals surface area contributed by atoms with Gasteiger partial charge in [-0.15, -0.1) is 0 Å². The van der Waals surface area contributed by atoms with Gasteiger partial charge >= 0.3 is 0 Å². The number of hydrogen-bond donors (Lipinski definition) is 1. The molecule has 7 nitrogen and oxygen atoms in total. The molecule has 2 rings (SSSR count). The van der Waals surface area contributed by atoms with Gasteiger partial charge in [-0.3, -0.25) is 4.79 Å². The van der Waals surface area contributed by atoms with E-state index < -0.39 is 15.7 Å². The zero-order chi connectivity index (χ0) is 19.7. The standard InChI is InChI=1S/C19H25N3O4S/c1-26-11-10-22(18-8-12-27(24,25)15-18)14-17(13-20)19(23)21-9-7-16-5-3-2-4-6-16/h2-6,14,18H,7-12,15H2,1H3,(H,21,23)/b17-14-. The number of nitriles is 1. The van der Waals surface area contributed by atoms with E-state index >= 15 is 0 Å². The molecule has 1 aliphatic rings. The molecular weight excluding hydrogens is 366 g/mol. The van der Waals surface area contributed by atoms with Gasteiger partial charge in [-0.25, -0.2) is 8.42 Å². The van der Waals surface area contributed by atoms with Crippen molar-refractivity contribution >= 4 is 15.7 Å². The maximum Gasteiger partial charge on any atom is 0.263 e. The van der Waals surface area contributed by atoms with Crippen LogP contribution < -0.4 is 5.32 Å². The second kappa shape index (κ2) is 10.1. The van der Waals surface area contributed by atoms with E-state index in [0.717, 1.165) is 5.56 Å². The number of rotatable bonds is 9. The largest absolute Gasteiger partial charge is 0.383 e. The van der Waals surface area contributed by atoms with Gasteiger partial charge in [0.2, 0.25) is 0 Å². The van der Waals surface area contributed by atoms with Crippen molar-refractivity contribution in [1.29, 1.82) is 5.26 Å². The van der Waals surface area contributed by atoms with Crippen LogP contribution in [-0.4, -0.2) is 63.6 Å². The number of hydrogen-bond acceptors (Lipinski definition) is 6. The van der Waals surface area contributed by atoms with Crippen LogP contribution in [0.4, 0.5) is 0 Å². The summed E-state index contributed by atoms with van der Waals surface area (Å²) in [4.78, 5) is 14.1. The Morgan fingerprint density at radius 1 is 1.41 bits per heavy atom. The van der Waals surface area contributed by atoms with Crippen LogP contribution >= 0.6 is 0 Å². The monoisotopic (exact) mass is 391 g/mol. The van der Waals surface area contributed by atoms with Crippen molar-refractivity contribution in [3.63, 3.8) is 0 Å². The highest BCUT2D eigenvalue weighted by atomic mass is 32.2. The number of carbonyl (C=O) groups excluding carboxylic acids is 1. The van der Waals surface area contributed by atoms with Gasteiger partial charge in [0.25, 0.3) is 5.91 Å². The molecule has 0 radical (unpaired) electrons. The lowest BCUT2D eigenvalue weighted by atomic mass is 10.1. The Labute approximate surface area is 160 Å². The molecule has 0 spiro atoms. The Hall–Kier alpha value is -2.37. The fourth-order valence-corrected chi connectivity index (χ4v) is 4.69. The van der Waals surface area contributed by atoms with E-state index in [0.29, 0.717) is 32.5 Å². The normalized spacial score (nSPS) is 18.7. The summed E-state index contributed by atoms with van der Waals surface area (Å²) in [6.45, 7) is 1.21. The molecule has 1 heterocycles. The molecule has 27 heavy (non-hydrogen) atoms. The first kappa shape index (κ1) is 20.9. The van der Waals surface area contributed by atoms with E-state index in [1.54, 1.807) is 12.0 Å². The summed E-state index contributed by atoms with van der Waals surface area (Å²) >= 11 is 0. The number of nitrogens with zero attached hydrogens (tertiary/aromatic N) is 2. The van der Waals surface area contributed by atoms with E-state index in [4.69, 9.17) is 4.74 Å². The molecule has 0 saturated carbocycles. The third-order valence-electron chi connectivity index (χ3n) is 4.43. The lowest BCUT2D eigenvalue weighted by Crippen LogP contribution is -2.36. The number of carbonyl (C=O) groups is 1. The van der Waals surface area contributed by atoms with Crippen molar-refractivity contribution in [1.82, 2.24) is 10.2 Å². The van der Waals surface area contributed by atoms with E-state index in [2.05, 4.69) is 5.32 Å². The zero-order valence-electron chi connectivity index (χ0n) is 15.4. The molecule has 1 saturated heterocycles. The fourth-order valence-electron chi connectivity index (χ4n) is 2.95. The van der Waals surface area contributed by atoms with Gasteiger partial charge in [0.1, 0.15) is 11.6 Å². The second-order valence-electron chi connectivity index (χ2n) is 6.43. The molecule has 1 unspecified atom stereocenters. The van der Waals surface area contributed by atoms with Crippen molar-refractivity contribution in [2.24, 2.45) is 0 Å². The van der Waals surface area contributed by atoms with Crippen LogP contribution in [-0.2, 0) is 25.8 Å². The number of methoxy groups -OCH3 is 1. The maximum absolute atomic E-state index is 12.3. The van der Waals surface area contributed by atoms with Gasteiger partial charge in [-0.05, 0) is 18.4 Å². The predicted octanol–water partition coefficient (Wildman–Crippen LogP) is 0.888. The minimum atomic E-state index is -3.07. The molecule has 1 aromatic carbocycles. The van der Waals surface area contributed by atoms with Crippen LogP contribution in [0.2, 0.25) is 0 Å².